The molecule has 1 amide bonds. The molecule has 8 heteroatoms. The third-order valence-corrected chi connectivity index (χ3v) is 4.83. The highest BCUT2D eigenvalue weighted by atomic mass is 19.4. The number of carbonyl (C=O) groups is 1. The molecule has 5 nitrogen and oxygen atoms in total. The van der Waals surface area contributed by atoms with E-state index in [9.17, 15) is 18.0 Å². The second-order valence-electron chi connectivity index (χ2n) is 7.12. The Labute approximate surface area is 187 Å². The maximum atomic E-state index is 13.6. The van der Waals surface area contributed by atoms with Crippen molar-refractivity contribution in [2.75, 3.05) is 5.01 Å². The summed E-state index contributed by atoms with van der Waals surface area (Å²) < 4.78 is 46.4. The van der Waals surface area contributed by atoms with Gasteiger partial charge in [0.25, 0.3) is 5.91 Å². The van der Waals surface area contributed by atoms with Gasteiger partial charge in [-0.1, -0.05) is 42.5 Å². The predicted octanol–water partition coefficient (Wildman–Crippen LogP) is 5.49. The second-order valence-corrected chi connectivity index (χ2v) is 7.12. The molecule has 1 aliphatic heterocycles. The first kappa shape index (κ1) is 21.8. The number of ether oxygens (including phenoxy) is 1. The Hall–Kier alpha value is -4.38. The lowest BCUT2D eigenvalue weighted by atomic mass is 10.1. The van der Waals surface area contributed by atoms with Crippen LogP contribution in [-0.4, -0.2) is 17.8 Å². The van der Waals surface area contributed by atoms with Crippen LogP contribution in [0.5, 0.6) is 5.75 Å². The predicted molar refractivity (Wildman–Crippen MR) is 117 cm³/mol. The largest absolute Gasteiger partial charge is 0.489 e. The molecule has 33 heavy (non-hydrogen) atoms. The molecular formula is C25H16F3N3O2. The summed E-state index contributed by atoms with van der Waals surface area (Å²) in [6, 6.07) is 23.3. The molecule has 0 saturated heterocycles. The van der Waals surface area contributed by atoms with E-state index in [-0.39, 0.29) is 12.3 Å². The van der Waals surface area contributed by atoms with Gasteiger partial charge in [0.2, 0.25) is 0 Å². The van der Waals surface area contributed by atoms with E-state index in [1.54, 1.807) is 66.7 Å². The molecular weight excluding hydrogens is 431 g/mol. The normalized spacial score (nSPS) is 14.8. The van der Waals surface area contributed by atoms with Crippen molar-refractivity contribution in [1.29, 1.82) is 5.26 Å². The lowest BCUT2D eigenvalue weighted by Gasteiger charge is -2.11. The van der Waals surface area contributed by atoms with Crippen molar-refractivity contribution in [3.8, 4) is 11.8 Å². The van der Waals surface area contributed by atoms with Crippen LogP contribution in [0.25, 0.3) is 6.08 Å². The molecule has 3 aromatic carbocycles. The van der Waals surface area contributed by atoms with Gasteiger partial charge in [0.15, 0.2) is 5.71 Å². The molecule has 1 heterocycles. The van der Waals surface area contributed by atoms with Crippen molar-refractivity contribution in [1.82, 2.24) is 0 Å². The Balaban J connectivity index is 1.52. The van der Waals surface area contributed by atoms with Crippen LogP contribution < -0.4 is 9.75 Å². The minimum absolute atomic E-state index is 0.249. The zero-order valence-corrected chi connectivity index (χ0v) is 17.1. The highest BCUT2D eigenvalue weighted by molar-refractivity contribution is 6.34. The average molecular weight is 447 g/mol. The van der Waals surface area contributed by atoms with Crippen LogP contribution in [0.3, 0.4) is 0 Å². The van der Waals surface area contributed by atoms with Crippen molar-refractivity contribution in [2.45, 2.75) is 12.8 Å². The van der Waals surface area contributed by atoms with Crippen LogP contribution in [-0.2, 0) is 11.4 Å². The topological polar surface area (TPSA) is 65.7 Å². The number of hydrazone groups is 1. The van der Waals surface area contributed by atoms with Gasteiger partial charge < -0.3 is 4.74 Å². The minimum Gasteiger partial charge on any atom is -0.489 e. The van der Waals surface area contributed by atoms with Gasteiger partial charge in [-0.15, -0.1) is 0 Å². The number of benzene rings is 3. The first-order valence-electron chi connectivity index (χ1n) is 9.84. The Morgan fingerprint density at radius 2 is 1.64 bits per heavy atom. The summed E-state index contributed by atoms with van der Waals surface area (Å²) in [6.07, 6.45) is -3.61. The summed E-state index contributed by atoms with van der Waals surface area (Å²) >= 11 is 0. The van der Waals surface area contributed by atoms with Gasteiger partial charge in [-0.25, -0.2) is 0 Å². The molecule has 0 unspecified atom stereocenters. The minimum atomic E-state index is -4.78. The number of hydrogen-bond acceptors (Lipinski definition) is 4. The number of amides is 1. The summed E-state index contributed by atoms with van der Waals surface area (Å²) in [5.41, 5.74) is 0.291. The average Bonchev–Trinajstić information content (AvgIpc) is 3.16. The van der Waals surface area contributed by atoms with Crippen molar-refractivity contribution in [3.05, 3.63) is 101 Å². The number of anilines is 1. The molecule has 0 fully saturated rings. The number of nitrogens with zero attached hydrogens (tertiary/aromatic N) is 3. The number of carbonyl (C=O) groups excluding carboxylic acids is 1. The summed E-state index contributed by atoms with van der Waals surface area (Å²) in [6.45, 7) is 0.265. The molecule has 0 radical (unpaired) electrons. The Morgan fingerprint density at radius 1 is 0.970 bits per heavy atom. The Bertz CT molecular complexity index is 1260. The zero-order valence-electron chi connectivity index (χ0n) is 17.1. The van der Waals surface area contributed by atoms with Crippen LogP contribution in [0.4, 0.5) is 18.9 Å². The number of para-hydroxylation sites is 1. The van der Waals surface area contributed by atoms with E-state index in [0.717, 1.165) is 10.6 Å². The van der Waals surface area contributed by atoms with E-state index in [0.29, 0.717) is 16.9 Å². The fraction of sp³-hybridized carbons (Fsp3) is 0.0800. The van der Waals surface area contributed by atoms with Crippen molar-refractivity contribution in [2.24, 2.45) is 5.10 Å². The van der Waals surface area contributed by atoms with Crippen molar-refractivity contribution < 1.29 is 22.7 Å². The van der Waals surface area contributed by atoms with Crippen molar-refractivity contribution >= 4 is 23.4 Å². The maximum Gasteiger partial charge on any atom is 0.435 e. The number of halogens is 3. The molecule has 0 aromatic heterocycles. The molecule has 0 saturated carbocycles. The summed E-state index contributed by atoms with van der Waals surface area (Å²) in [5.74, 6) is -0.343. The van der Waals surface area contributed by atoms with Crippen LogP contribution in [0.2, 0.25) is 0 Å². The highest BCUT2D eigenvalue weighted by Gasteiger charge is 2.46. The Kier molecular flexibility index (Phi) is 5.96. The third-order valence-electron chi connectivity index (χ3n) is 4.83. The van der Waals surface area contributed by atoms with Gasteiger partial charge in [0, 0.05) is 0 Å². The van der Waals surface area contributed by atoms with Gasteiger partial charge in [-0.3, -0.25) is 4.79 Å². The lowest BCUT2D eigenvalue weighted by molar-refractivity contribution is -0.114. The van der Waals surface area contributed by atoms with Crippen molar-refractivity contribution in [3.63, 3.8) is 0 Å². The maximum absolute atomic E-state index is 13.6. The van der Waals surface area contributed by atoms with E-state index < -0.39 is 23.4 Å². The number of hydrogen-bond donors (Lipinski definition) is 0. The second kappa shape index (κ2) is 9.01. The molecule has 1 aliphatic rings. The van der Waals surface area contributed by atoms with Gasteiger partial charge in [0.1, 0.15) is 12.4 Å². The molecule has 0 spiro atoms. The quantitative estimate of drug-likeness (QED) is 0.486. The van der Waals surface area contributed by atoms with Crippen LogP contribution >= 0.6 is 0 Å². The van der Waals surface area contributed by atoms with E-state index in [4.69, 9.17) is 10.00 Å². The number of nitriles is 1. The van der Waals surface area contributed by atoms with E-state index in [1.165, 1.54) is 18.2 Å². The fourth-order valence-corrected chi connectivity index (χ4v) is 3.17. The lowest BCUT2D eigenvalue weighted by Crippen LogP contribution is -2.25. The first-order valence-corrected chi connectivity index (χ1v) is 9.84. The monoisotopic (exact) mass is 447 g/mol. The fourth-order valence-electron chi connectivity index (χ4n) is 3.17. The molecule has 0 N–H and O–H groups in total. The van der Waals surface area contributed by atoms with Gasteiger partial charge >= 0.3 is 6.18 Å². The smallest absolute Gasteiger partial charge is 0.435 e. The highest BCUT2D eigenvalue weighted by Crippen LogP contribution is 2.32. The summed E-state index contributed by atoms with van der Waals surface area (Å²) in [5, 5.41) is 13.1. The number of alkyl halides is 3. The number of rotatable bonds is 5. The van der Waals surface area contributed by atoms with Gasteiger partial charge in [-0.2, -0.15) is 28.5 Å². The SMILES string of the molecule is N#Cc1ccc(COc2ccc(/C=C3\C(=O)N(c4ccccc4)N=C3C(F)(F)F)cc2)cc1. The molecule has 0 atom stereocenters. The Morgan fingerprint density at radius 3 is 2.24 bits per heavy atom. The van der Waals surface area contributed by atoms with E-state index >= 15 is 0 Å². The molecule has 4 rings (SSSR count). The standard InChI is InChI=1S/C25H16F3N3O2/c26-25(27,28)23-22(24(32)31(30-23)20-4-2-1-3-5-20)14-17-10-12-21(13-11-17)33-16-19-8-6-18(15-29)7-9-19/h1-14H,16H2/b22-14-. The molecule has 0 bridgehead atoms. The molecule has 0 aliphatic carbocycles. The first-order chi connectivity index (χ1) is 15.8. The van der Waals surface area contributed by atoms with Crippen LogP contribution in [0, 0.1) is 11.3 Å². The summed E-state index contributed by atoms with van der Waals surface area (Å²) in [4.78, 5) is 12.7. The van der Waals surface area contributed by atoms with Crippen LogP contribution in [0.15, 0.2) is 89.5 Å². The van der Waals surface area contributed by atoms with E-state index in [2.05, 4.69) is 5.10 Å². The van der Waals surface area contributed by atoms with E-state index in [1.807, 2.05) is 6.07 Å². The van der Waals surface area contributed by atoms with Crippen LogP contribution in [0.1, 0.15) is 16.7 Å². The molecule has 164 valence electrons. The zero-order chi connectivity index (χ0) is 23.4. The van der Waals surface area contributed by atoms with Gasteiger partial charge in [0.05, 0.1) is 22.9 Å². The molecule has 3 aromatic rings. The third kappa shape index (κ3) is 4.93. The summed E-state index contributed by atoms with van der Waals surface area (Å²) in [7, 11) is 0. The van der Waals surface area contributed by atoms with Gasteiger partial charge in [-0.05, 0) is 53.6 Å².